The summed E-state index contributed by atoms with van der Waals surface area (Å²) >= 11 is 3.07. The normalized spacial score (nSPS) is 9.95. The SMILES string of the molecule is O=C(COC(=O)c1ccc(Br)o1)Nc1ccccc1. The van der Waals surface area contributed by atoms with Gasteiger partial charge in [-0.2, -0.15) is 0 Å². The summed E-state index contributed by atoms with van der Waals surface area (Å²) in [4.78, 5) is 23.0. The van der Waals surface area contributed by atoms with E-state index in [-0.39, 0.29) is 12.4 Å². The Bertz CT molecular complexity index is 579. The second-order valence-electron chi connectivity index (χ2n) is 3.59. The molecule has 0 bridgehead atoms. The number of carbonyl (C=O) groups excluding carboxylic acids is 2. The molecule has 0 saturated heterocycles. The van der Waals surface area contributed by atoms with Crippen molar-refractivity contribution in [2.75, 3.05) is 11.9 Å². The van der Waals surface area contributed by atoms with Crippen LogP contribution >= 0.6 is 15.9 Å². The van der Waals surface area contributed by atoms with E-state index in [9.17, 15) is 9.59 Å². The third-order valence-corrected chi connectivity index (χ3v) is 2.59. The number of hydrogen-bond acceptors (Lipinski definition) is 4. The average molecular weight is 324 g/mol. The van der Waals surface area contributed by atoms with E-state index in [1.165, 1.54) is 6.07 Å². The van der Waals surface area contributed by atoms with E-state index in [0.29, 0.717) is 10.4 Å². The number of nitrogens with one attached hydrogen (secondary N) is 1. The summed E-state index contributed by atoms with van der Waals surface area (Å²) in [5, 5.41) is 2.60. The number of para-hydroxylation sites is 1. The van der Waals surface area contributed by atoms with Gasteiger partial charge in [0.2, 0.25) is 5.76 Å². The lowest BCUT2D eigenvalue weighted by molar-refractivity contribution is -0.119. The van der Waals surface area contributed by atoms with Gasteiger partial charge in [0.1, 0.15) is 0 Å². The minimum Gasteiger partial charge on any atom is -0.450 e. The van der Waals surface area contributed by atoms with E-state index in [2.05, 4.69) is 21.2 Å². The van der Waals surface area contributed by atoms with Crippen molar-refractivity contribution in [3.05, 3.63) is 52.9 Å². The molecule has 0 aliphatic carbocycles. The van der Waals surface area contributed by atoms with Gasteiger partial charge >= 0.3 is 5.97 Å². The van der Waals surface area contributed by atoms with Crippen LogP contribution in [0.2, 0.25) is 0 Å². The van der Waals surface area contributed by atoms with Crippen LogP contribution in [-0.4, -0.2) is 18.5 Å². The van der Waals surface area contributed by atoms with Crippen molar-refractivity contribution in [3.8, 4) is 0 Å². The molecule has 0 atom stereocenters. The lowest BCUT2D eigenvalue weighted by atomic mass is 10.3. The highest BCUT2D eigenvalue weighted by Gasteiger charge is 2.13. The zero-order valence-electron chi connectivity index (χ0n) is 9.76. The Balaban J connectivity index is 1.82. The second-order valence-corrected chi connectivity index (χ2v) is 4.38. The monoisotopic (exact) mass is 323 g/mol. The van der Waals surface area contributed by atoms with Crippen molar-refractivity contribution in [2.24, 2.45) is 0 Å². The molecule has 1 aromatic heterocycles. The van der Waals surface area contributed by atoms with Crippen molar-refractivity contribution in [1.29, 1.82) is 0 Å². The van der Waals surface area contributed by atoms with Gasteiger partial charge in [-0.3, -0.25) is 4.79 Å². The Morgan fingerprint density at radius 2 is 1.89 bits per heavy atom. The van der Waals surface area contributed by atoms with Gasteiger partial charge in [-0.1, -0.05) is 18.2 Å². The fourth-order valence-electron chi connectivity index (χ4n) is 1.34. The fourth-order valence-corrected chi connectivity index (χ4v) is 1.65. The summed E-state index contributed by atoms with van der Waals surface area (Å²) < 4.78 is 10.2. The maximum absolute atomic E-state index is 11.5. The van der Waals surface area contributed by atoms with Crippen LogP contribution in [0.5, 0.6) is 0 Å². The summed E-state index contributed by atoms with van der Waals surface area (Å²) in [6.07, 6.45) is 0. The van der Waals surface area contributed by atoms with E-state index >= 15 is 0 Å². The van der Waals surface area contributed by atoms with Crippen LogP contribution in [0.25, 0.3) is 0 Å². The summed E-state index contributed by atoms with van der Waals surface area (Å²) in [5.41, 5.74) is 0.643. The van der Waals surface area contributed by atoms with Crippen LogP contribution < -0.4 is 5.32 Å². The number of ether oxygens (including phenoxy) is 1. The van der Waals surface area contributed by atoms with Gasteiger partial charge in [-0.15, -0.1) is 0 Å². The quantitative estimate of drug-likeness (QED) is 0.878. The minimum absolute atomic E-state index is 0.0411. The summed E-state index contributed by atoms with van der Waals surface area (Å²) in [6.45, 7) is -0.369. The summed E-state index contributed by atoms with van der Waals surface area (Å²) in [7, 11) is 0. The highest BCUT2D eigenvalue weighted by Crippen LogP contribution is 2.14. The van der Waals surface area contributed by atoms with E-state index in [4.69, 9.17) is 9.15 Å². The van der Waals surface area contributed by atoms with Crippen molar-refractivity contribution in [1.82, 2.24) is 0 Å². The van der Waals surface area contributed by atoms with Gasteiger partial charge in [0, 0.05) is 5.69 Å². The van der Waals surface area contributed by atoms with Gasteiger partial charge in [-0.25, -0.2) is 4.79 Å². The van der Waals surface area contributed by atoms with E-state index < -0.39 is 11.9 Å². The number of esters is 1. The second kappa shape index (κ2) is 6.19. The Hall–Kier alpha value is -2.08. The molecule has 1 aromatic carbocycles. The van der Waals surface area contributed by atoms with Crippen LogP contribution in [-0.2, 0) is 9.53 Å². The number of anilines is 1. The molecule has 5 nitrogen and oxygen atoms in total. The van der Waals surface area contributed by atoms with E-state index in [1.54, 1.807) is 30.3 Å². The molecule has 0 fully saturated rings. The number of rotatable bonds is 4. The molecule has 1 heterocycles. The molecule has 2 rings (SSSR count). The highest BCUT2D eigenvalue weighted by atomic mass is 79.9. The maximum Gasteiger partial charge on any atom is 0.374 e. The minimum atomic E-state index is -0.686. The zero-order valence-corrected chi connectivity index (χ0v) is 11.3. The van der Waals surface area contributed by atoms with Crippen molar-refractivity contribution in [2.45, 2.75) is 0 Å². The van der Waals surface area contributed by atoms with Crippen LogP contribution in [0, 0.1) is 0 Å². The molecular weight excluding hydrogens is 314 g/mol. The van der Waals surface area contributed by atoms with Crippen molar-refractivity contribution in [3.63, 3.8) is 0 Å². The summed E-state index contributed by atoms with van der Waals surface area (Å²) in [6, 6.07) is 11.9. The van der Waals surface area contributed by atoms with Crippen molar-refractivity contribution >= 4 is 33.5 Å². The lowest BCUT2D eigenvalue weighted by Gasteiger charge is -2.05. The molecule has 6 heteroatoms. The smallest absolute Gasteiger partial charge is 0.374 e. The third kappa shape index (κ3) is 3.96. The number of furan rings is 1. The Kier molecular flexibility index (Phi) is 4.35. The molecule has 98 valence electrons. The first-order chi connectivity index (χ1) is 9.15. The molecule has 19 heavy (non-hydrogen) atoms. The van der Waals surface area contributed by atoms with Crippen LogP contribution in [0.4, 0.5) is 5.69 Å². The van der Waals surface area contributed by atoms with E-state index in [1.807, 2.05) is 6.07 Å². The largest absolute Gasteiger partial charge is 0.450 e. The molecule has 0 radical (unpaired) electrons. The third-order valence-electron chi connectivity index (χ3n) is 2.17. The topological polar surface area (TPSA) is 68.5 Å². The number of amides is 1. The molecule has 0 spiro atoms. The number of carbonyl (C=O) groups is 2. The Labute approximate surface area is 117 Å². The van der Waals surface area contributed by atoms with Crippen LogP contribution in [0.15, 0.2) is 51.6 Å². The van der Waals surface area contributed by atoms with Gasteiger partial charge in [0.05, 0.1) is 0 Å². The van der Waals surface area contributed by atoms with Gasteiger partial charge in [-0.05, 0) is 40.2 Å². The molecule has 1 amide bonds. The standard InChI is InChI=1S/C13H10BrNO4/c14-11-7-6-10(19-11)13(17)18-8-12(16)15-9-4-2-1-3-5-9/h1-7H,8H2,(H,15,16). The number of benzene rings is 1. The molecular formula is C13H10BrNO4. The molecule has 1 N–H and O–H groups in total. The van der Waals surface area contributed by atoms with Crippen LogP contribution in [0.3, 0.4) is 0 Å². The predicted molar refractivity (Wildman–Crippen MR) is 71.8 cm³/mol. The molecule has 0 saturated carbocycles. The first-order valence-electron chi connectivity index (χ1n) is 5.42. The first kappa shape index (κ1) is 13.4. The van der Waals surface area contributed by atoms with Gasteiger partial charge in [0.15, 0.2) is 11.3 Å². The lowest BCUT2D eigenvalue weighted by Crippen LogP contribution is -2.20. The predicted octanol–water partition coefficient (Wildman–Crippen LogP) is 2.84. The average Bonchev–Trinajstić information content (AvgIpc) is 2.84. The molecule has 2 aromatic rings. The highest BCUT2D eigenvalue weighted by molar-refractivity contribution is 9.10. The Morgan fingerprint density at radius 3 is 2.53 bits per heavy atom. The zero-order chi connectivity index (χ0) is 13.7. The molecule has 0 aliphatic rings. The maximum atomic E-state index is 11.5. The number of halogens is 1. The fraction of sp³-hybridized carbons (Fsp3) is 0.0769. The summed E-state index contributed by atoms with van der Waals surface area (Å²) in [5.74, 6) is -1.06. The Morgan fingerprint density at radius 1 is 1.16 bits per heavy atom. The molecule has 0 aliphatic heterocycles. The van der Waals surface area contributed by atoms with Gasteiger partial charge in [0.25, 0.3) is 5.91 Å². The van der Waals surface area contributed by atoms with Crippen LogP contribution in [0.1, 0.15) is 10.6 Å². The number of hydrogen-bond donors (Lipinski definition) is 1. The molecule has 0 unspecified atom stereocenters. The van der Waals surface area contributed by atoms with Gasteiger partial charge < -0.3 is 14.5 Å². The first-order valence-corrected chi connectivity index (χ1v) is 6.22. The van der Waals surface area contributed by atoms with Crippen molar-refractivity contribution < 1.29 is 18.7 Å². The van der Waals surface area contributed by atoms with E-state index in [0.717, 1.165) is 0 Å².